The van der Waals surface area contributed by atoms with E-state index in [4.69, 9.17) is 0 Å². The van der Waals surface area contributed by atoms with Gasteiger partial charge in [0.15, 0.2) is 23.3 Å². The molecule has 0 aliphatic carbocycles. The van der Waals surface area contributed by atoms with Gasteiger partial charge in [0.05, 0.1) is 0 Å². The number of benzene rings is 4. The van der Waals surface area contributed by atoms with Gasteiger partial charge >= 0.3 is 0 Å². The maximum Gasteiger partial charge on any atom is 0.248 e. The van der Waals surface area contributed by atoms with Crippen LogP contribution in [-0.2, 0) is 9.59 Å². The number of anilines is 2. The van der Waals surface area contributed by atoms with E-state index < -0.39 is 40.1 Å². The predicted octanol–water partition coefficient (Wildman–Crippen LogP) is 7.37. The summed E-state index contributed by atoms with van der Waals surface area (Å²) in [7, 11) is 0. The molecule has 4 nitrogen and oxygen atoms in total. The number of amides is 2. The summed E-state index contributed by atoms with van der Waals surface area (Å²) < 4.78 is 55.6. The second kappa shape index (κ2) is 12.2. The molecule has 0 fully saturated rings. The first-order valence-electron chi connectivity index (χ1n) is 11.3. The minimum absolute atomic E-state index is 0.0710. The van der Waals surface area contributed by atoms with Crippen molar-refractivity contribution in [2.24, 2.45) is 0 Å². The third-order valence-corrected chi connectivity index (χ3v) is 6.57. The Labute approximate surface area is 220 Å². The summed E-state index contributed by atoms with van der Waals surface area (Å²) in [6.45, 7) is 0. The van der Waals surface area contributed by atoms with Gasteiger partial charge in [-0.2, -0.15) is 0 Å². The molecule has 2 amide bonds. The van der Waals surface area contributed by atoms with Gasteiger partial charge in [-0.05, 0) is 41.5 Å². The SMILES string of the molecule is O=C(/C=C/c1ccccc1)Nc1ccc(SC(C(=O)Nc2c(F)c(F)cc(F)c2F)c2ccccc2)cc1. The van der Waals surface area contributed by atoms with Gasteiger partial charge in [-0.15, -0.1) is 11.8 Å². The van der Waals surface area contributed by atoms with Crippen molar-refractivity contribution in [2.75, 3.05) is 10.6 Å². The van der Waals surface area contributed by atoms with Crippen LogP contribution in [0.25, 0.3) is 6.08 Å². The molecule has 4 aromatic rings. The van der Waals surface area contributed by atoms with Crippen molar-refractivity contribution >= 4 is 41.0 Å². The lowest BCUT2D eigenvalue weighted by Crippen LogP contribution is -2.21. The molecular formula is C29H20F4N2O2S. The van der Waals surface area contributed by atoms with Crippen LogP contribution in [0, 0.1) is 23.3 Å². The van der Waals surface area contributed by atoms with Crippen molar-refractivity contribution in [2.45, 2.75) is 10.1 Å². The summed E-state index contributed by atoms with van der Waals surface area (Å²) >= 11 is 1.05. The van der Waals surface area contributed by atoms with Crippen molar-refractivity contribution in [3.05, 3.63) is 131 Å². The summed E-state index contributed by atoms with van der Waals surface area (Å²) in [4.78, 5) is 25.9. The maximum absolute atomic E-state index is 14.2. The monoisotopic (exact) mass is 536 g/mol. The van der Waals surface area contributed by atoms with Gasteiger partial charge in [-0.3, -0.25) is 9.59 Å². The summed E-state index contributed by atoms with van der Waals surface area (Å²) in [6.07, 6.45) is 3.08. The van der Waals surface area contributed by atoms with E-state index in [1.54, 1.807) is 60.7 Å². The quantitative estimate of drug-likeness (QED) is 0.107. The third kappa shape index (κ3) is 6.68. The highest BCUT2D eigenvalue weighted by Crippen LogP contribution is 2.37. The minimum Gasteiger partial charge on any atom is -0.323 e. The third-order valence-electron chi connectivity index (χ3n) is 5.30. The van der Waals surface area contributed by atoms with Crippen molar-refractivity contribution < 1.29 is 27.2 Å². The molecule has 0 aliphatic heterocycles. The molecule has 0 saturated heterocycles. The number of thioether (sulfide) groups is 1. The maximum atomic E-state index is 14.2. The number of hydrogen-bond acceptors (Lipinski definition) is 3. The van der Waals surface area contributed by atoms with Crippen LogP contribution in [0.15, 0.2) is 102 Å². The highest BCUT2D eigenvalue weighted by atomic mass is 32.2. The van der Waals surface area contributed by atoms with Crippen molar-refractivity contribution in [3.8, 4) is 0 Å². The highest BCUT2D eigenvalue weighted by Gasteiger charge is 2.27. The molecule has 4 aromatic carbocycles. The summed E-state index contributed by atoms with van der Waals surface area (Å²) in [6, 6.07) is 24.4. The van der Waals surface area contributed by atoms with Gasteiger partial charge < -0.3 is 10.6 Å². The average Bonchev–Trinajstić information content (AvgIpc) is 2.93. The first-order valence-corrected chi connectivity index (χ1v) is 12.2. The molecule has 0 aliphatic rings. The predicted molar refractivity (Wildman–Crippen MR) is 140 cm³/mol. The van der Waals surface area contributed by atoms with Crippen molar-refractivity contribution in [1.82, 2.24) is 0 Å². The number of carbonyl (C=O) groups is 2. The highest BCUT2D eigenvalue weighted by molar-refractivity contribution is 8.00. The second-order valence-electron chi connectivity index (χ2n) is 8.00. The fraction of sp³-hybridized carbons (Fsp3) is 0.0345. The van der Waals surface area contributed by atoms with Gasteiger partial charge in [0.25, 0.3) is 0 Å². The number of rotatable bonds is 8. The molecule has 0 aromatic heterocycles. The Hall–Kier alpha value is -4.37. The van der Waals surface area contributed by atoms with Crippen LogP contribution in [0.5, 0.6) is 0 Å². The van der Waals surface area contributed by atoms with E-state index in [0.29, 0.717) is 16.1 Å². The molecule has 1 unspecified atom stereocenters. The van der Waals surface area contributed by atoms with Gasteiger partial charge in [0.2, 0.25) is 11.8 Å². The fourth-order valence-electron chi connectivity index (χ4n) is 3.45. The van der Waals surface area contributed by atoms with Crippen molar-refractivity contribution in [3.63, 3.8) is 0 Å². The van der Waals surface area contributed by atoms with Crippen LogP contribution >= 0.6 is 11.8 Å². The second-order valence-corrected chi connectivity index (χ2v) is 9.18. The van der Waals surface area contributed by atoms with Crippen LogP contribution in [0.4, 0.5) is 28.9 Å². The van der Waals surface area contributed by atoms with E-state index in [0.717, 1.165) is 17.3 Å². The first kappa shape index (κ1) is 26.7. The lowest BCUT2D eigenvalue weighted by Gasteiger charge is -2.18. The minimum atomic E-state index is -1.70. The average molecular weight is 537 g/mol. The number of halogens is 4. The van der Waals surface area contributed by atoms with E-state index in [1.165, 1.54) is 6.08 Å². The topological polar surface area (TPSA) is 58.2 Å². The molecule has 4 rings (SSSR count). The summed E-state index contributed by atoms with van der Waals surface area (Å²) in [5.74, 6) is -7.86. The zero-order valence-electron chi connectivity index (χ0n) is 19.6. The van der Waals surface area contributed by atoms with Gasteiger partial charge in [-0.25, -0.2) is 17.6 Å². The van der Waals surface area contributed by atoms with Crippen LogP contribution in [0.3, 0.4) is 0 Å². The molecule has 192 valence electrons. The molecule has 0 radical (unpaired) electrons. The smallest absolute Gasteiger partial charge is 0.248 e. The fourth-order valence-corrected chi connectivity index (χ4v) is 4.47. The van der Waals surface area contributed by atoms with E-state index >= 15 is 0 Å². The molecule has 0 bridgehead atoms. The molecule has 9 heteroatoms. The molecule has 2 N–H and O–H groups in total. The molecular weight excluding hydrogens is 516 g/mol. The Morgan fingerprint density at radius 3 is 1.92 bits per heavy atom. The summed E-state index contributed by atoms with van der Waals surface area (Å²) in [5, 5.41) is 3.71. The Kier molecular flexibility index (Phi) is 8.60. The van der Waals surface area contributed by atoms with E-state index in [1.807, 2.05) is 35.6 Å². The lowest BCUT2D eigenvalue weighted by atomic mass is 10.1. The molecule has 0 saturated carbocycles. The normalized spacial score (nSPS) is 11.8. The first-order chi connectivity index (χ1) is 18.3. The number of hydrogen-bond donors (Lipinski definition) is 2. The Balaban J connectivity index is 1.49. The van der Waals surface area contributed by atoms with E-state index in [-0.39, 0.29) is 12.0 Å². The molecule has 0 heterocycles. The van der Waals surface area contributed by atoms with Crippen LogP contribution in [0.2, 0.25) is 0 Å². The standard InChI is InChI=1S/C29H20F4N2O2S/c30-22-17-23(31)26(33)27(25(22)32)35-29(37)28(19-9-5-2-6-10-19)38-21-14-12-20(13-15-21)34-24(36)16-11-18-7-3-1-4-8-18/h1-17,28H,(H,34,36)(H,35,37)/b16-11+. The van der Waals surface area contributed by atoms with Crippen LogP contribution in [-0.4, -0.2) is 11.8 Å². The van der Waals surface area contributed by atoms with E-state index in [2.05, 4.69) is 5.32 Å². The molecule has 1 atom stereocenters. The molecule has 0 spiro atoms. The summed E-state index contributed by atoms with van der Waals surface area (Å²) in [5.41, 5.74) is 0.685. The number of nitrogens with one attached hydrogen (secondary N) is 2. The van der Waals surface area contributed by atoms with E-state index in [9.17, 15) is 27.2 Å². The lowest BCUT2D eigenvalue weighted by molar-refractivity contribution is -0.116. The van der Waals surface area contributed by atoms with Crippen LogP contribution in [0.1, 0.15) is 16.4 Å². The Morgan fingerprint density at radius 1 is 0.737 bits per heavy atom. The van der Waals surface area contributed by atoms with Gasteiger partial charge in [0.1, 0.15) is 10.9 Å². The van der Waals surface area contributed by atoms with Crippen molar-refractivity contribution in [1.29, 1.82) is 0 Å². The zero-order valence-corrected chi connectivity index (χ0v) is 20.4. The van der Waals surface area contributed by atoms with Crippen LogP contribution < -0.4 is 10.6 Å². The molecule has 38 heavy (non-hydrogen) atoms. The Bertz CT molecular complexity index is 1440. The number of carbonyl (C=O) groups excluding carboxylic acids is 2. The van der Waals surface area contributed by atoms with Gasteiger partial charge in [0, 0.05) is 22.7 Å². The largest absolute Gasteiger partial charge is 0.323 e. The Morgan fingerprint density at radius 2 is 1.32 bits per heavy atom. The zero-order chi connectivity index (χ0) is 27.1. The van der Waals surface area contributed by atoms with Gasteiger partial charge in [-0.1, -0.05) is 60.7 Å².